The van der Waals surface area contributed by atoms with Gasteiger partial charge in [-0.25, -0.2) is 0 Å². The molecule has 0 amide bonds. The third-order valence-corrected chi connectivity index (χ3v) is 2.06. The predicted octanol–water partition coefficient (Wildman–Crippen LogP) is 2.81. The molecule has 0 radical (unpaired) electrons. The predicted molar refractivity (Wildman–Crippen MR) is 52.2 cm³/mol. The molecule has 2 rings (SSSR count). The lowest BCUT2D eigenvalue weighted by atomic mass is 10.1. The highest BCUT2D eigenvalue weighted by molar-refractivity contribution is 5.75. The molecule has 0 aromatic heterocycles. The van der Waals surface area contributed by atoms with Crippen molar-refractivity contribution in [3.05, 3.63) is 41.5 Å². The van der Waals surface area contributed by atoms with Crippen LogP contribution in [0.3, 0.4) is 0 Å². The summed E-state index contributed by atoms with van der Waals surface area (Å²) in [6.07, 6.45) is 6.99. The zero-order valence-electron chi connectivity index (χ0n) is 7.12. The van der Waals surface area contributed by atoms with Crippen LogP contribution in [-0.4, -0.2) is 6.21 Å². The number of aryl methyl sites for hydroxylation is 1. The van der Waals surface area contributed by atoms with Crippen LogP contribution < -0.4 is 0 Å². The highest BCUT2D eigenvalue weighted by atomic mass is 14.7. The van der Waals surface area contributed by atoms with Crippen molar-refractivity contribution in [1.29, 1.82) is 0 Å². The Kier molecular flexibility index (Phi) is 1.78. The molecule has 0 saturated heterocycles. The third kappa shape index (κ3) is 1.30. The van der Waals surface area contributed by atoms with Gasteiger partial charge < -0.3 is 0 Å². The first-order valence-electron chi connectivity index (χ1n) is 4.15. The molecule has 2 bridgehead atoms. The summed E-state index contributed by atoms with van der Waals surface area (Å²) in [6.45, 7) is 2.09. The van der Waals surface area contributed by atoms with Crippen molar-refractivity contribution >= 4 is 11.9 Å². The number of fused-ring (bicyclic) bond motifs is 2. The molecule has 1 aromatic rings. The fourth-order valence-corrected chi connectivity index (χ4v) is 1.31. The Morgan fingerprint density at radius 2 is 2.25 bits per heavy atom. The van der Waals surface area contributed by atoms with E-state index in [4.69, 9.17) is 0 Å². The van der Waals surface area contributed by atoms with Crippen LogP contribution in [0.15, 0.2) is 35.3 Å². The molecule has 0 saturated carbocycles. The lowest BCUT2D eigenvalue weighted by Crippen LogP contribution is -1.85. The first-order valence-corrected chi connectivity index (χ1v) is 4.15. The molecular formula is C11H11N. The average molecular weight is 157 g/mol. The van der Waals surface area contributed by atoms with Crippen LogP contribution in [0.1, 0.15) is 11.1 Å². The van der Waals surface area contributed by atoms with Crippen molar-refractivity contribution in [2.24, 2.45) is 4.99 Å². The zero-order chi connectivity index (χ0) is 8.39. The molecule has 1 aliphatic rings. The molecule has 0 atom stereocenters. The van der Waals surface area contributed by atoms with Crippen LogP contribution in [0.2, 0.25) is 0 Å². The fraction of sp³-hybridized carbons (Fsp3) is 0.182. The Bertz CT molecular complexity index is 348. The van der Waals surface area contributed by atoms with E-state index in [0.717, 1.165) is 12.1 Å². The van der Waals surface area contributed by atoms with Gasteiger partial charge in [0.2, 0.25) is 0 Å². The normalized spacial score (nSPS) is 14.1. The van der Waals surface area contributed by atoms with Crippen LogP contribution >= 0.6 is 0 Å². The van der Waals surface area contributed by atoms with Gasteiger partial charge in [0.05, 0.1) is 5.69 Å². The largest absolute Gasteiger partial charge is 0.257 e. The number of rotatable bonds is 0. The highest BCUT2D eigenvalue weighted by Gasteiger charge is 1.98. The van der Waals surface area contributed by atoms with E-state index >= 15 is 0 Å². The topological polar surface area (TPSA) is 12.4 Å². The summed E-state index contributed by atoms with van der Waals surface area (Å²) in [5.74, 6) is 0. The first-order chi connectivity index (χ1) is 5.86. The number of aliphatic imine (C=N–C) groups is 1. The third-order valence-electron chi connectivity index (χ3n) is 2.06. The van der Waals surface area contributed by atoms with Crippen LogP contribution in [0.25, 0.3) is 0 Å². The van der Waals surface area contributed by atoms with E-state index in [1.807, 2.05) is 12.3 Å². The molecule has 1 heterocycles. The SMILES string of the molecule is Cc1ccc2cc1N=CC=CC2. The van der Waals surface area contributed by atoms with Crippen molar-refractivity contribution in [3.8, 4) is 0 Å². The van der Waals surface area contributed by atoms with E-state index in [1.54, 1.807) is 0 Å². The van der Waals surface area contributed by atoms with Gasteiger partial charge in [0.15, 0.2) is 0 Å². The van der Waals surface area contributed by atoms with Gasteiger partial charge in [0.25, 0.3) is 0 Å². The monoisotopic (exact) mass is 157 g/mol. The summed E-state index contributed by atoms with van der Waals surface area (Å²) < 4.78 is 0. The molecule has 1 aromatic carbocycles. The quantitative estimate of drug-likeness (QED) is 0.549. The van der Waals surface area contributed by atoms with Gasteiger partial charge in [-0.15, -0.1) is 0 Å². The van der Waals surface area contributed by atoms with Crippen molar-refractivity contribution in [2.75, 3.05) is 0 Å². The molecule has 1 heteroatoms. The Morgan fingerprint density at radius 1 is 1.33 bits per heavy atom. The van der Waals surface area contributed by atoms with Gasteiger partial charge in [-0.1, -0.05) is 18.2 Å². The number of hydrogen-bond acceptors (Lipinski definition) is 1. The first kappa shape index (κ1) is 7.29. The van der Waals surface area contributed by atoms with E-state index < -0.39 is 0 Å². The molecule has 0 fully saturated rings. The molecule has 1 nitrogen and oxygen atoms in total. The second-order valence-corrected chi connectivity index (χ2v) is 3.03. The van der Waals surface area contributed by atoms with E-state index in [1.165, 1.54) is 11.1 Å². The van der Waals surface area contributed by atoms with Crippen LogP contribution in [-0.2, 0) is 6.42 Å². The van der Waals surface area contributed by atoms with Gasteiger partial charge >= 0.3 is 0 Å². The van der Waals surface area contributed by atoms with Gasteiger partial charge in [0.1, 0.15) is 0 Å². The van der Waals surface area contributed by atoms with Crippen LogP contribution in [0, 0.1) is 6.92 Å². The maximum atomic E-state index is 4.32. The highest BCUT2D eigenvalue weighted by Crippen LogP contribution is 2.21. The zero-order valence-corrected chi connectivity index (χ0v) is 7.12. The second kappa shape index (κ2) is 2.94. The average Bonchev–Trinajstić information content (AvgIpc) is 2.03. The molecular weight excluding hydrogens is 146 g/mol. The van der Waals surface area contributed by atoms with Crippen LogP contribution in [0.5, 0.6) is 0 Å². The molecule has 0 N–H and O–H groups in total. The Balaban J connectivity index is 2.56. The Labute approximate surface area is 72.5 Å². The number of hydrogen-bond donors (Lipinski definition) is 0. The minimum absolute atomic E-state index is 1.01. The Morgan fingerprint density at radius 3 is 3.17 bits per heavy atom. The second-order valence-electron chi connectivity index (χ2n) is 3.03. The summed E-state index contributed by atoms with van der Waals surface area (Å²) in [5, 5.41) is 0. The van der Waals surface area contributed by atoms with Gasteiger partial charge in [-0.2, -0.15) is 0 Å². The lowest BCUT2D eigenvalue weighted by molar-refractivity contribution is 1.24. The summed E-state index contributed by atoms with van der Waals surface area (Å²) in [7, 11) is 0. The minimum Gasteiger partial charge on any atom is -0.257 e. The number of benzene rings is 1. The van der Waals surface area contributed by atoms with E-state index in [2.05, 4.69) is 36.2 Å². The number of allylic oxidation sites excluding steroid dienone is 2. The smallest absolute Gasteiger partial charge is 0.0661 e. The minimum atomic E-state index is 1.01. The van der Waals surface area contributed by atoms with E-state index in [9.17, 15) is 0 Å². The van der Waals surface area contributed by atoms with E-state index in [0.29, 0.717) is 0 Å². The molecule has 0 aliphatic carbocycles. The standard InChI is InChI=1S/C11H11N/c1-9-5-6-10-4-2-3-7-12-11(9)8-10/h2-3,5-8H,4H2,1H3. The Hall–Kier alpha value is -1.37. The maximum absolute atomic E-state index is 4.32. The van der Waals surface area contributed by atoms with Gasteiger partial charge in [-0.05, 0) is 36.6 Å². The molecule has 0 unspecified atom stereocenters. The lowest BCUT2D eigenvalue weighted by Gasteiger charge is -2.04. The molecule has 12 heavy (non-hydrogen) atoms. The van der Waals surface area contributed by atoms with Crippen molar-refractivity contribution < 1.29 is 0 Å². The van der Waals surface area contributed by atoms with Crippen LogP contribution in [0.4, 0.5) is 5.69 Å². The van der Waals surface area contributed by atoms with Gasteiger partial charge in [0, 0.05) is 6.21 Å². The molecule has 60 valence electrons. The summed E-state index contributed by atoms with van der Waals surface area (Å²) >= 11 is 0. The van der Waals surface area contributed by atoms with Crippen molar-refractivity contribution in [2.45, 2.75) is 13.3 Å². The summed E-state index contributed by atoms with van der Waals surface area (Å²) in [4.78, 5) is 4.32. The molecule has 1 aliphatic heterocycles. The molecule has 0 spiro atoms. The maximum Gasteiger partial charge on any atom is 0.0661 e. The fourth-order valence-electron chi connectivity index (χ4n) is 1.31. The summed E-state index contributed by atoms with van der Waals surface area (Å²) in [6, 6.07) is 6.43. The number of nitrogens with zero attached hydrogens (tertiary/aromatic N) is 1. The van der Waals surface area contributed by atoms with Crippen molar-refractivity contribution in [1.82, 2.24) is 0 Å². The van der Waals surface area contributed by atoms with E-state index in [-0.39, 0.29) is 0 Å². The van der Waals surface area contributed by atoms with Gasteiger partial charge in [-0.3, -0.25) is 4.99 Å². The van der Waals surface area contributed by atoms with Crippen molar-refractivity contribution in [3.63, 3.8) is 0 Å². The summed E-state index contributed by atoms with van der Waals surface area (Å²) in [5.41, 5.74) is 3.67.